The van der Waals surface area contributed by atoms with E-state index in [1.165, 1.54) is 5.56 Å². The van der Waals surface area contributed by atoms with E-state index in [2.05, 4.69) is 61.2 Å². The summed E-state index contributed by atoms with van der Waals surface area (Å²) in [5.41, 5.74) is 5.55. The second-order valence-electron chi connectivity index (χ2n) is 5.90. The molecule has 1 atom stereocenters. The van der Waals surface area contributed by atoms with E-state index in [-0.39, 0.29) is 6.10 Å². The first-order chi connectivity index (χ1) is 11.8. The molecule has 0 bridgehead atoms. The molecule has 0 N–H and O–H groups in total. The van der Waals surface area contributed by atoms with E-state index in [1.54, 1.807) is 0 Å². The van der Waals surface area contributed by atoms with Crippen LogP contribution >= 0.6 is 0 Å². The fourth-order valence-corrected chi connectivity index (χ4v) is 3.08. The van der Waals surface area contributed by atoms with Gasteiger partial charge in [0.05, 0.1) is 0 Å². The van der Waals surface area contributed by atoms with Crippen LogP contribution in [0.25, 0.3) is 17.2 Å². The molecule has 0 saturated carbocycles. The van der Waals surface area contributed by atoms with E-state index in [9.17, 15) is 0 Å². The van der Waals surface area contributed by atoms with Crippen LogP contribution in [0.5, 0.6) is 5.75 Å². The van der Waals surface area contributed by atoms with Gasteiger partial charge in [0.2, 0.25) is 0 Å². The highest BCUT2D eigenvalue weighted by molar-refractivity contribution is 5.96. The van der Waals surface area contributed by atoms with Crippen LogP contribution in [0.3, 0.4) is 0 Å². The summed E-state index contributed by atoms with van der Waals surface area (Å²) in [4.78, 5) is 0. The van der Waals surface area contributed by atoms with E-state index in [4.69, 9.17) is 4.74 Å². The van der Waals surface area contributed by atoms with Gasteiger partial charge in [-0.1, -0.05) is 85.4 Å². The number of hydrogen-bond donors (Lipinski definition) is 0. The lowest BCUT2D eigenvalue weighted by Crippen LogP contribution is -2.13. The van der Waals surface area contributed by atoms with Crippen LogP contribution in [-0.2, 0) is 0 Å². The molecule has 3 aromatic carbocycles. The summed E-state index contributed by atoms with van der Waals surface area (Å²) in [5, 5.41) is 0. The summed E-state index contributed by atoms with van der Waals surface area (Å²) in [6.45, 7) is 4.32. The van der Waals surface area contributed by atoms with E-state index in [0.717, 1.165) is 28.0 Å². The fourth-order valence-electron chi connectivity index (χ4n) is 3.08. The Morgan fingerprint density at radius 1 is 0.792 bits per heavy atom. The monoisotopic (exact) mass is 310 g/mol. The Balaban J connectivity index is 1.79. The molecule has 0 radical (unpaired) electrons. The first-order valence-corrected chi connectivity index (χ1v) is 8.10. The maximum atomic E-state index is 6.24. The largest absolute Gasteiger partial charge is 0.480 e. The Kier molecular flexibility index (Phi) is 3.76. The number of para-hydroxylation sites is 1. The normalized spacial score (nSPS) is 17.3. The summed E-state index contributed by atoms with van der Waals surface area (Å²) in [5.74, 6) is 0.918. The van der Waals surface area contributed by atoms with E-state index < -0.39 is 0 Å². The number of rotatable bonds is 3. The van der Waals surface area contributed by atoms with Gasteiger partial charge in [-0.3, -0.25) is 0 Å². The second-order valence-corrected chi connectivity index (χ2v) is 5.90. The van der Waals surface area contributed by atoms with E-state index >= 15 is 0 Å². The van der Waals surface area contributed by atoms with Gasteiger partial charge >= 0.3 is 0 Å². The summed E-state index contributed by atoms with van der Waals surface area (Å²) < 4.78 is 6.24. The van der Waals surface area contributed by atoms with Crippen molar-refractivity contribution in [2.24, 2.45) is 0 Å². The van der Waals surface area contributed by atoms with Crippen molar-refractivity contribution in [3.05, 3.63) is 108 Å². The van der Waals surface area contributed by atoms with Crippen LogP contribution in [-0.4, -0.2) is 6.10 Å². The lowest BCUT2D eigenvalue weighted by atomic mass is 9.92. The van der Waals surface area contributed by atoms with E-state index in [1.807, 2.05) is 36.4 Å². The molecule has 1 unspecified atom stereocenters. The highest BCUT2D eigenvalue weighted by Crippen LogP contribution is 2.42. The molecule has 3 aromatic rings. The lowest BCUT2D eigenvalue weighted by molar-refractivity contribution is 0.332. The molecule has 4 rings (SSSR count). The fraction of sp³-hybridized carbons (Fsp3) is 0.0435. The van der Waals surface area contributed by atoms with Crippen LogP contribution in [0.15, 0.2) is 91.5 Å². The van der Waals surface area contributed by atoms with Crippen LogP contribution in [0.4, 0.5) is 0 Å². The van der Waals surface area contributed by atoms with Crippen LogP contribution in [0.2, 0.25) is 0 Å². The van der Waals surface area contributed by atoms with Crippen molar-refractivity contribution in [2.45, 2.75) is 6.10 Å². The third kappa shape index (κ3) is 2.65. The molecule has 0 spiro atoms. The van der Waals surface area contributed by atoms with Gasteiger partial charge in [-0.2, -0.15) is 0 Å². The maximum Gasteiger partial charge on any atom is 0.150 e. The summed E-state index contributed by atoms with van der Waals surface area (Å²) in [7, 11) is 0. The van der Waals surface area contributed by atoms with Gasteiger partial charge < -0.3 is 4.74 Å². The first kappa shape index (κ1) is 14.5. The zero-order chi connectivity index (χ0) is 16.4. The molecule has 0 saturated heterocycles. The SMILES string of the molecule is C=C(c1ccccc1)C1Oc2ccccc2/C1=C\c1ccccc1. The molecule has 1 heterocycles. The highest BCUT2D eigenvalue weighted by Gasteiger charge is 2.30. The molecule has 1 heteroatoms. The van der Waals surface area contributed by atoms with Crippen LogP contribution in [0, 0.1) is 0 Å². The Morgan fingerprint density at radius 2 is 1.42 bits per heavy atom. The summed E-state index contributed by atoms with van der Waals surface area (Å²) in [6, 6.07) is 28.8. The Hall–Kier alpha value is -3.06. The Bertz CT molecular complexity index is 892. The van der Waals surface area contributed by atoms with Crippen LogP contribution < -0.4 is 4.74 Å². The molecule has 0 aliphatic carbocycles. The number of benzene rings is 3. The zero-order valence-corrected chi connectivity index (χ0v) is 13.4. The van der Waals surface area contributed by atoms with Crippen molar-refractivity contribution in [2.75, 3.05) is 0 Å². The molecule has 1 nitrogen and oxygen atoms in total. The quantitative estimate of drug-likeness (QED) is 0.603. The number of hydrogen-bond acceptors (Lipinski definition) is 1. The molecule has 1 aliphatic rings. The van der Waals surface area contributed by atoms with Crippen molar-refractivity contribution < 1.29 is 4.74 Å². The number of fused-ring (bicyclic) bond motifs is 1. The smallest absolute Gasteiger partial charge is 0.150 e. The van der Waals surface area contributed by atoms with Gasteiger partial charge in [0, 0.05) is 11.1 Å². The van der Waals surface area contributed by atoms with Crippen molar-refractivity contribution in [1.82, 2.24) is 0 Å². The molecule has 0 fully saturated rings. The topological polar surface area (TPSA) is 9.23 Å². The summed E-state index contributed by atoms with van der Waals surface area (Å²) in [6.07, 6.45) is 2.04. The lowest BCUT2D eigenvalue weighted by Gasteiger charge is -2.16. The van der Waals surface area contributed by atoms with Crippen molar-refractivity contribution in [3.8, 4) is 5.75 Å². The van der Waals surface area contributed by atoms with Crippen molar-refractivity contribution >= 4 is 17.2 Å². The van der Waals surface area contributed by atoms with Gasteiger partial charge in [0.25, 0.3) is 0 Å². The minimum Gasteiger partial charge on any atom is -0.480 e. The standard InChI is InChI=1S/C23H18O/c1-17(19-12-6-3-7-13-19)23-21(16-18-10-4-2-5-11-18)20-14-8-9-15-22(20)24-23/h2-16,23H,1H2/b21-16+. The predicted molar refractivity (Wildman–Crippen MR) is 101 cm³/mol. The first-order valence-electron chi connectivity index (χ1n) is 8.10. The van der Waals surface area contributed by atoms with Crippen LogP contribution in [0.1, 0.15) is 16.7 Å². The van der Waals surface area contributed by atoms with Crippen molar-refractivity contribution in [3.63, 3.8) is 0 Å². The molecule has 0 aromatic heterocycles. The Labute approximate surface area is 142 Å². The van der Waals surface area contributed by atoms with Gasteiger partial charge in [0.1, 0.15) is 11.9 Å². The molecule has 1 aliphatic heterocycles. The third-order valence-electron chi connectivity index (χ3n) is 4.31. The average molecular weight is 310 g/mol. The molecule has 0 amide bonds. The minimum absolute atomic E-state index is 0.162. The van der Waals surface area contributed by atoms with Gasteiger partial charge in [-0.15, -0.1) is 0 Å². The molecule has 116 valence electrons. The number of ether oxygens (including phenoxy) is 1. The van der Waals surface area contributed by atoms with Gasteiger partial charge in [-0.25, -0.2) is 0 Å². The van der Waals surface area contributed by atoms with Gasteiger partial charge in [-0.05, 0) is 28.8 Å². The minimum atomic E-state index is -0.162. The molecule has 24 heavy (non-hydrogen) atoms. The predicted octanol–water partition coefficient (Wildman–Crippen LogP) is 5.70. The highest BCUT2D eigenvalue weighted by atomic mass is 16.5. The second kappa shape index (κ2) is 6.21. The molecular formula is C23H18O. The zero-order valence-electron chi connectivity index (χ0n) is 13.4. The third-order valence-corrected chi connectivity index (χ3v) is 4.31. The van der Waals surface area contributed by atoms with E-state index in [0.29, 0.717) is 0 Å². The average Bonchev–Trinajstić information content (AvgIpc) is 3.01. The van der Waals surface area contributed by atoms with Gasteiger partial charge in [0.15, 0.2) is 0 Å². The summed E-state index contributed by atoms with van der Waals surface area (Å²) >= 11 is 0. The van der Waals surface area contributed by atoms with Crippen molar-refractivity contribution in [1.29, 1.82) is 0 Å². The Morgan fingerprint density at radius 3 is 2.17 bits per heavy atom. The maximum absolute atomic E-state index is 6.24. The molecular weight excluding hydrogens is 292 g/mol.